The third-order valence-corrected chi connectivity index (χ3v) is 4.41. The molecule has 2 unspecified atom stereocenters. The number of ether oxygens (including phenoxy) is 1. The Balaban J connectivity index is 0.00000261. The number of nitrogens with zero attached hydrogens (tertiary/aromatic N) is 1. The lowest BCUT2D eigenvalue weighted by atomic mass is 10.1. The van der Waals surface area contributed by atoms with Gasteiger partial charge in [-0.3, -0.25) is 0 Å². The third kappa shape index (κ3) is 5.54. The molecule has 2 atom stereocenters. The van der Waals surface area contributed by atoms with Crippen LogP contribution in [0.1, 0.15) is 30.4 Å². The quantitative estimate of drug-likeness (QED) is 0.365. The summed E-state index contributed by atoms with van der Waals surface area (Å²) in [4.78, 5) is 4.56. The van der Waals surface area contributed by atoms with Gasteiger partial charge in [-0.25, -0.2) is 13.8 Å². The lowest BCUT2D eigenvalue weighted by Crippen LogP contribution is -2.39. The molecule has 0 amide bonds. The number of aliphatic imine (C=N–C) groups is 1. The molecule has 7 heteroatoms. The van der Waals surface area contributed by atoms with Gasteiger partial charge >= 0.3 is 0 Å². The van der Waals surface area contributed by atoms with E-state index in [9.17, 15) is 8.78 Å². The van der Waals surface area contributed by atoms with Crippen molar-refractivity contribution in [2.45, 2.75) is 31.8 Å². The molecule has 0 aliphatic heterocycles. The van der Waals surface area contributed by atoms with E-state index in [0.29, 0.717) is 25.5 Å². The Morgan fingerprint density at radius 2 is 1.81 bits per heavy atom. The van der Waals surface area contributed by atoms with E-state index in [1.807, 2.05) is 31.2 Å². The molecule has 1 saturated carbocycles. The number of nitrogens with one attached hydrogen (secondary N) is 2. The first-order valence-electron chi connectivity index (χ1n) is 8.74. The van der Waals surface area contributed by atoms with Gasteiger partial charge in [-0.15, -0.1) is 24.0 Å². The van der Waals surface area contributed by atoms with Crippen molar-refractivity contribution in [3.63, 3.8) is 0 Å². The first-order valence-corrected chi connectivity index (χ1v) is 8.74. The molecule has 1 aliphatic carbocycles. The van der Waals surface area contributed by atoms with Crippen LogP contribution in [0.5, 0.6) is 5.75 Å². The molecular weight excluding hydrogens is 463 g/mol. The Morgan fingerprint density at radius 1 is 1.15 bits per heavy atom. The molecule has 4 nitrogen and oxygen atoms in total. The molecule has 1 fully saturated rings. The minimum Gasteiger partial charge on any atom is -0.497 e. The number of guanidine groups is 1. The average molecular weight is 487 g/mol. The van der Waals surface area contributed by atoms with E-state index in [0.717, 1.165) is 11.3 Å². The van der Waals surface area contributed by atoms with Crippen LogP contribution in [0.4, 0.5) is 8.78 Å². The van der Waals surface area contributed by atoms with Crippen LogP contribution >= 0.6 is 24.0 Å². The molecule has 2 aromatic carbocycles. The fraction of sp³-hybridized carbons (Fsp3) is 0.350. The van der Waals surface area contributed by atoms with Crippen molar-refractivity contribution in [2.24, 2.45) is 4.99 Å². The molecule has 0 radical (unpaired) electrons. The van der Waals surface area contributed by atoms with Crippen LogP contribution in [0.2, 0.25) is 0 Å². The van der Waals surface area contributed by atoms with Crippen LogP contribution in [0.25, 0.3) is 0 Å². The van der Waals surface area contributed by atoms with E-state index >= 15 is 0 Å². The first kappa shape index (κ1) is 21.4. The van der Waals surface area contributed by atoms with Gasteiger partial charge in [0.2, 0.25) is 0 Å². The summed E-state index contributed by atoms with van der Waals surface area (Å²) >= 11 is 0. The van der Waals surface area contributed by atoms with Gasteiger partial charge in [-0.05, 0) is 43.2 Å². The van der Waals surface area contributed by atoms with Crippen LogP contribution in [-0.2, 0) is 6.54 Å². The second-order valence-corrected chi connectivity index (χ2v) is 6.27. The zero-order valence-corrected chi connectivity index (χ0v) is 17.7. The van der Waals surface area contributed by atoms with Crippen LogP contribution < -0.4 is 15.4 Å². The molecule has 1 aliphatic rings. The Kier molecular flexibility index (Phi) is 7.82. The van der Waals surface area contributed by atoms with Crippen LogP contribution in [0, 0.1) is 11.6 Å². The molecule has 2 N–H and O–H groups in total. The topological polar surface area (TPSA) is 45.7 Å². The monoisotopic (exact) mass is 487 g/mol. The number of hydrogen-bond acceptors (Lipinski definition) is 2. The second-order valence-electron chi connectivity index (χ2n) is 6.27. The van der Waals surface area contributed by atoms with E-state index in [4.69, 9.17) is 4.74 Å². The molecule has 0 bridgehead atoms. The summed E-state index contributed by atoms with van der Waals surface area (Å²) in [5.41, 5.74) is 1.21. The van der Waals surface area contributed by atoms with E-state index in [1.165, 1.54) is 18.2 Å². The molecule has 27 heavy (non-hydrogen) atoms. The zero-order valence-electron chi connectivity index (χ0n) is 15.3. The van der Waals surface area contributed by atoms with Crippen molar-refractivity contribution in [1.82, 2.24) is 10.6 Å². The summed E-state index contributed by atoms with van der Waals surface area (Å²) in [6.07, 6.45) is 0.685. The first-order chi connectivity index (χ1) is 12.6. The van der Waals surface area contributed by atoms with Gasteiger partial charge in [0.25, 0.3) is 0 Å². The van der Waals surface area contributed by atoms with Crippen molar-refractivity contribution < 1.29 is 13.5 Å². The SMILES string of the molecule is CCNC(=NCc1ccc(OC)cc1)NC1CC1c1c(F)cccc1F.I. The lowest BCUT2D eigenvalue weighted by molar-refractivity contribution is 0.414. The fourth-order valence-corrected chi connectivity index (χ4v) is 2.94. The number of benzene rings is 2. The van der Waals surface area contributed by atoms with Crippen molar-refractivity contribution >= 4 is 29.9 Å². The van der Waals surface area contributed by atoms with Crippen LogP contribution in [0.3, 0.4) is 0 Å². The molecule has 3 rings (SSSR count). The van der Waals surface area contributed by atoms with Crippen LogP contribution in [-0.4, -0.2) is 25.7 Å². The summed E-state index contributed by atoms with van der Waals surface area (Å²) in [5, 5.41) is 6.44. The molecule has 0 saturated heterocycles. The molecule has 146 valence electrons. The average Bonchev–Trinajstić information content (AvgIpc) is 3.39. The maximum atomic E-state index is 13.9. The van der Waals surface area contributed by atoms with E-state index in [2.05, 4.69) is 15.6 Å². The number of hydrogen-bond donors (Lipinski definition) is 2. The van der Waals surface area contributed by atoms with Gasteiger partial charge in [0.1, 0.15) is 17.4 Å². The van der Waals surface area contributed by atoms with Gasteiger partial charge < -0.3 is 15.4 Å². The summed E-state index contributed by atoms with van der Waals surface area (Å²) < 4.78 is 33.0. The van der Waals surface area contributed by atoms with Crippen molar-refractivity contribution in [1.29, 1.82) is 0 Å². The van der Waals surface area contributed by atoms with Gasteiger partial charge in [-0.2, -0.15) is 0 Å². The minimum absolute atomic E-state index is 0. The highest BCUT2D eigenvalue weighted by Gasteiger charge is 2.42. The number of methoxy groups -OCH3 is 1. The van der Waals surface area contributed by atoms with Gasteiger partial charge in [0.05, 0.1) is 13.7 Å². The summed E-state index contributed by atoms with van der Waals surface area (Å²) in [5.74, 6) is 0.308. The third-order valence-electron chi connectivity index (χ3n) is 4.41. The van der Waals surface area contributed by atoms with E-state index in [-0.39, 0.29) is 41.5 Å². The largest absolute Gasteiger partial charge is 0.497 e. The Labute approximate surface area is 175 Å². The minimum atomic E-state index is -0.487. The summed E-state index contributed by atoms with van der Waals surface area (Å²) in [7, 11) is 1.63. The molecule has 0 spiro atoms. The van der Waals surface area contributed by atoms with Crippen molar-refractivity contribution in [2.75, 3.05) is 13.7 Å². The number of halogens is 3. The van der Waals surface area contributed by atoms with E-state index < -0.39 is 11.6 Å². The van der Waals surface area contributed by atoms with Gasteiger partial charge in [0.15, 0.2) is 5.96 Å². The summed E-state index contributed by atoms with van der Waals surface area (Å²) in [6.45, 7) is 3.19. The maximum Gasteiger partial charge on any atom is 0.191 e. The molecule has 0 aromatic heterocycles. The molecule has 2 aromatic rings. The highest BCUT2D eigenvalue weighted by Crippen LogP contribution is 2.43. The molecular formula is C20H24F2IN3O. The molecule has 0 heterocycles. The fourth-order valence-electron chi connectivity index (χ4n) is 2.94. The Bertz CT molecular complexity index is 763. The van der Waals surface area contributed by atoms with Crippen LogP contribution in [0.15, 0.2) is 47.5 Å². The van der Waals surface area contributed by atoms with Gasteiger partial charge in [0, 0.05) is 24.1 Å². The highest BCUT2D eigenvalue weighted by molar-refractivity contribution is 14.0. The smallest absolute Gasteiger partial charge is 0.191 e. The lowest BCUT2D eigenvalue weighted by Gasteiger charge is -2.12. The van der Waals surface area contributed by atoms with Crippen molar-refractivity contribution in [3.05, 3.63) is 65.2 Å². The standard InChI is InChI=1S/C20H23F2N3O.HI/c1-3-23-20(24-12-13-7-9-14(26-2)10-8-13)25-18-11-15(18)19-16(21)5-4-6-17(19)22;/h4-10,15,18H,3,11-12H2,1-2H3,(H2,23,24,25);1H. The Morgan fingerprint density at radius 3 is 2.41 bits per heavy atom. The van der Waals surface area contributed by atoms with Gasteiger partial charge in [-0.1, -0.05) is 18.2 Å². The second kappa shape index (κ2) is 9.87. The maximum absolute atomic E-state index is 13.9. The van der Waals surface area contributed by atoms with Crippen molar-refractivity contribution in [3.8, 4) is 5.75 Å². The van der Waals surface area contributed by atoms with E-state index in [1.54, 1.807) is 7.11 Å². The predicted molar refractivity (Wildman–Crippen MR) is 114 cm³/mol. The summed E-state index contributed by atoms with van der Waals surface area (Å²) in [6, 6.07) is 11.7. The highest BCUT2D eigenvalue weighted by atomic mass is 127. The predicted octanol–water partition coefficient (Wildman–Crippen LogP) is 4.20. The Hall–Kier alpha value is -1.90. The number of rotatable bonds is 6. The normalized spacial score (nSPS) is 18.4. The zero-order chi connectivity index (χ0) is 18.5.